The molecule has 30 heavy (non-hydrogen) atoms. The molecular formula is C22H27N3O5. The number of benzene rings is 1. The van der Waals surface area contributed by atoms with E-state index in [1.54, 1.807) is 31.5 Å². The summed E-state index contributed by atoms with van der Waals surface area (Å²) in [4.78, 5) is 18.9. The van der Waals surface area contributed by atoms with Gasteiger partial charge in [-0.2, -0.15) is 0 Å². The Labute approximate surface area is 175 Å². The van der Waals surface area contributed by atoms with Gasteiger partial charge in [-0.1, -0.05) is 6.07 Å². The van der Waals surface area contributed by atoms with Gasteiger partial charge in [0.25, 0.3) is 5.91 Å². The summed E-state index contributed by atoms with van der Waals surface area (Å²) in [5.41, 5.74) is 0.491. The Balaban J connectivity index is 1.52. The van der Waals surface area contributed by atoms with Crippen molar-refractivity contribution >= 4 is 5.91 Å². The van der Waals surface area contributed by atoms with Crippen molar-refractivity contribution in [3.63, 3.8) is 0 Å². The summed E-state index contributed by atoms with van der Waals surface area (Å²) in [5, 5.41) is 14.2. The van der Waals surface area contributed by atoms with Gasteiger partial charge in [0, 0.05) is 38.0 Å². The molecule has 8 heteroatoms. The number of nitrogens with one attached hydrogen (secondary N) is 1. The molecule has 0 unspecified atom stereocenters. The number of amides is 1. The maximum absolute atomic E-state index is 12.8. The third-order valence-corrected chi connectivity index (χ3v) is 5.67. The average Bonchev–Trinajstić information content (AvgIpc) is 3.09. The smallest absolute Gasteiger partial charge is 0.253 e. The molecule has 160 valence electrons. The minimum Gasteiger partial charge on any atom is -0.497 e. The first-order chi connectivity index (χ1) is 14.7. The van der Waals surface area contributed by atoms with Crippen molar-refractivity contribution in [2.75, 3.05) is 33.4 Å². The van der Waals surface area contributed by atoms with E-state index in [9.17, 15) is 9.90 Å². The largest absolute Gasteiger partial charge is 0.497 e. The summed E-state index contributed by atoms with van der Waals surface area (Å²) < 4.78 is 16.8. The number of aliphatic hydroxyl groups excluding tert-OH is 1. The van der Waals surface area contributed by atoms with Crippen LogP contribution < -0.4 is 14.8 Å². The predicted molar refractivity (Wildman–Crippen MR) is 110 cm³/mol. The number of aliphatic hydroxyl groups is 1. The molecule has 1 aromatic heterocycles. The minimum absolute atomic E-state index is 0.208. The first-order valence-corrected chi connectivity index (χ1v) is 10.2. The highest BCUT2D eigenvalue weighted by Gasteiger charge is 2.47. The van der Waals surface area contributed by atoms with E-state index in [1.165, 1.54) is 6.20 Å². The lowest BCUT2D eigenvalue weighted by atomic mass is 10.1. The highest BCUT2D eigenvalue weighted by atomic mass is 16.5. The highest BCUT2D eigenvalue weighted by molar-refractivity contribution is 5.94. The van der Waals surface area contributed by atoms with Crippen molar-refractivity contribution in [1.82, 2.24) is 15.2 Å². The van der Waals surface area contributed by atoms with Crippen LogP contribution in [0, 0.1) is 0 Å². The van der Waals surface area contributed by atoms with E-state index in [2.05, 4.69) is 15.2 Å². The number of morpholine rings is 1. The minimum atomic E-state index is -0.756. The third kappa shape index (κ3) is 4.56. The molecular weight excluding hydrogens is 386 g/mol. The molecule has 1 saturated heterocycles. The van der Waals surface area contributed by atoms with Crippen LogP contribution >= 0.6 is 0 Å². The van der Waals surface area contributed by atoms with Crippen LogP contribution in [0.25, 0.3) is 0 Å². The molecule has 0 bridgehead atoms. The van der Waals surface area contributed by atoms with Crippen LogP contribution in [-0.4, -0.2) is 78.6 Å². The van der Waals surface area contributed by atoms with Crippen molar-refractivity contribution in [2.45, 2.75) is 30.7 Å². The van der Waals surface area contributed by atoms with Crippen LogP contribution in [0.2, 0.25) is 0 Å². The summed E-state index contributed by atoms with van der Waals surface area (Å²) in [7, 11) is 1.60. The Morgan fingerprint density at radius 2 is 2.03 bits per heavy atom. The number of aromatic nitrogens is 1. The number of hydrogen-bond donors (Lipinski definition) is 2. The molecule has 2 fully saturated rings. The fourth-order valence-electron chi connectivity index (χ4n) is 4.19. The fraction of sp³-hybridized carbons (Fsp3) is 0.455. The standard InChI is InChI=1S/C22H27N3O5/c1-28-16-5-2-6-17(12-16)30-19-13-18(24-22(27)15-4-3-7-23-14-15)20(21(19)26)25-8-10-29-11-9-25/h2-7,12,14,18-21,26H,8-11,13H2,1H3,(H,24,27)/t18-,19-,20+,21+/m1/s1. The van der Waals surface area contributed by atoms with Crippen molar-refractivity contribution in [1.29, 1.82) is 0 Å². The van der Waals surface area contributed by atoms with Gasteiger partial charge in [-0.15, -0.1) is 0 Å². The van der Waals surface area contributed by atoms with Gasteiger partial charge in [0.2, 0.25) is 0 Å². The van der Waals surface area contributed by atoms with Crippen molar-refractivity contribution in [3.8, 4) is 11.5 Å². The Bertz CT molecular complexity index is 844. The van der Waals surface area contributed by atoms with E-state index in [0.29, 0.717) is 49.8 Å². The molecule has 8 nitrogen and oxygen atoms in total. The molecule has 4 rings (SSSR count). The molecule has 4 atom stereocenters. The lowest BCUT2D eigenvalue weighted by molar-refractivity contribution is -0.0350. The maximum atomic E-state index is 12.8. The number of carbonyl (C=O) groups excluding carboxylic acids is 1. The monoisotopic (exact) mass is 413 g/mol. The van der Waals surface area contributed by atoms with Gasteiger partial charge in [0.15, 0.2) is 0 Å². The molecule has 2 aliphatic rings. The Hall–Kier alpha value is -2.68. The van der Waals surface area contributed by atoms with E-state index in [1.807, 2.05) is 18.2 Å². The average molecular weight is 413 g/mol. The fourth-order valence-corrected chi connectivity index (χ4v) is 4.19. The predicted octanol–water partition coefficient (Wildman–Crippen LogP) is 1.10. The van der Waals surface area contributed by atoms with Crippen LogP contribution in [0.5, 0.6) is 11.5 Å². The molecule has 1 amide bonds. The van der Waals surface area contributed by atoms with Gasteiger partial charge >= 0.3 is 0 Å². The third-order valence-electron chi connectivity index (χ3n) is 5.67. The topological polar surface area (TPSA) is 93.2 Å². The molecule has 1 aromatic carbocycles. The summed E-state index contributed by atoms with van der Waals surface area (Å²) in [6, 6.07) is 10.2. The lowest BCUT2D eigenvalue weighted by Gasteiger charge is -2.37. The Morgan fingerprint density at radius 3 is 2.77 bits per heavy atom. The zero-order valence-corrected chi connectivity index (χ0v) is 16.9. The molecule has 1 saturated carbocycles. The number of pyridine rings is 1. The van der Waals surface area contributed by atoms with E-state index in [-0.39, 0.29) is 18.0 Å². The van der Waals surface area contributed by atoms with Gasteiger partial charge in [-0.3, -0.25) is 14.7 Å². The summed E-state index contributed by atoms with van der Waals surface area (Å²) >= 11 is 0. The zero-order valence-electron chi connectivity index (χ0n) is 16.9. The first kappa shape index (κ1) is 20.6. The number of ether oxygens (including phenoxy) is 3. The molecule has 2 N–H and O–H groups in total. The summed E-state index contributed by atoms with van der Waals surface area (Å²) in [6.45, 7) is 2.61. The van der Waals surface area contributed by atoms with Crippen LogP contribution in [0.4, 0.5) is 0 Å². The van der Waals surface area contributed by atoms with Gasteiger partial charge in [-0.05, 0) is 24.3 Å². The van der Waals surface area contributed by atoms with Gasteiger partial charge in [0.1, 0.15) is 23.7 Å². The number of hydrogen-bond acceptors (Lipinski definition) is 7. The number of methoxy groups -OCH3 is 1. The molecule has 2 heterocycles. The number of nitrogens with zero attached hydrogens (tertiary/aromatic N) is 2. The van der Waals surface area contributed by atoms with Gasteiger partial charge < -0.3 is 24.6 Å². The normalized spacial score (nSPS) is 26.9. The second kappa shape index (κ2) is 9.42. The SMILES string of the molecule is COc1cccc(O[C@@H]2C[C@@H](NC(=O)c3cccnc3)[C@H](N3CCOCC3)[C@H]2O)c1. The quantitative estimate of drug-likeness (QED) is 0.733. The molecule has 1 aliphatic carbocycles. The van der Waals surface area contributed by atoms with Crippen LogP contribution in [-0.2, 0) is 4.74 Å². The Kier molecular flexibility index (Phi) is 6.47. The summed E-state index contributed by atoms with van der Waals surface area (Å²) in [6.07, 6.45) is 2.45. The first-order valence-electron chi connectivity index (χ1n) is 10.2. The molecule has 0 spiro atoms. The van der Waals surface area contributed by atoms with Crippen molar-refractivity contribution in [2.24, 2.45) is 0 Å². The van der Waals surface area contributed by atoms with Gasteiger partial charge in [-0.25, -0.2) is 0 Å². The van der Waals surface area contributed by atoms with Crippen LogP contribution in [0.3, 0.4) is 0 Å². The Morgan fingerprint density at radius 1 is 1.23 bits per heavy atom. The second-order valence-electron chi connectivity index (χ2n) is 7.52. The van der Waals surface area contributed by atoms with Crippen LogP contribution in [0.15, 0.2) is 48.8 Å². The van der Waals surface area contributed by atoms with Crippen LogP contribution in [0.1, 0.15) is 16.8 Å². The molecule has 2 aromatic rings. The van der Waals surface area contributed by atoms with E-state index >= 15 is 0 Å². The summed E-state index contributed by atoms with van der Waals surface area (Å²) in [5.74, 6) is 1.10. The maximum Gasteiger partial charge on any atom is 0.253 e. The van der Waals surface area contributed by atoms with E-state index < -0.39 is 12.2 Å². The van der Waals surface area contributed by atoms with Gasteiger partial charge in [0.05, 0.1) is 38.0 Å². The molecule has 0 radical (unpaired) electrons. The van der Waals surface area contributed by atoms with E-state index in [0.717, 1.165) is 0 Å². The zero-order chi connectivity index (χ0) is 20.9. The lowest BCUT2D eigenvalue weighted by Crippen LogP contribution is -2.56. The number of carbonyl (C=O) groups is 1. The second-order valence-corrected chi connectivity index (χ2v) is 7.52. The van der Waals surface area contributed by atoms with E-state index in [4.69, 9.17) is 14.2 Å². The van der Waals surface area contributed by atoms with Crippen molar-refractivity contribution in [3.05, 3.63) is 54.4 Å². The highest BCUT2D eigenvalue weighted by Crippen LogP contribution is 2.31. The van der Waals surface area contributed by atoms with Crippen molar-refractivity contribution < 1.29 is 24.1 Å². The number of rotatable bonds is 6. The molecule has 1 aliphatic heterocycles.